The van der Waals surface area contributed by atoms with Gasteiger partial charge in [0.15, 0.2) is 6.61 Å². The van der Waals surface area contributed by atoms with Crippen molar-refractivity contribution in [1.82, 2.24) is 10.6 Å². The third-order valence-corrected chi connectivity index (χ3v) is 4.26. The number of benzene rings is 2. The fourth-order valence-corrected chi connectivity index (χ4v) is 2.66. The van der Waals surface area contributed by atoms with Crippen LogP contribution in [0.25, 0.3) is 0 Å². The minimum absolute atomic E-state index is 0.210. The fourth-order valence-electron chi connectivity index (χ4n) is 2.66. The van der Waals surface area contributed by atoms with E-state index >= 15 is 0 Å². The summed E-state index contributed by atoms with van der Waals surface area (Å²) >= 11 is 0. The molecule has 2 aromatic carbocycles. The molecule has 0 saturated heterocycles. The maximum atomic E-state index is 12.4. The highest BCUT2D eigenvalue weighted by molar-refractivity contribution is 5.93. The first kappa shape index (κ1) is 21.9. The van der Waals surface area contributed by atoms with Crippen molar-refractivity contribution in [2.24, 2.45) is 5.92 Å². The molecule has 0 aliphatic heterocycles. The molecule has 0 fully saturated rings. The summed E-state index contributed by atoms with van der Waals surface area (Å²) in [6.45, 7) is 5.00. The molecule has 29 heavy (non-hydrogen) atoms. The fraction of sp³-hybridized carbons (Fsp3) is 0.318. The van der Waals surface area contributed by atoms with Gasteiger partial charge in [-0.3, -0.25) is 4.79 Å². The van der Waals surface area contributed by atoms with Gasteiger partial charge in [-0.05, 0) is 30.5 Å². The predicted octanol–water partition coefficient (Wildman–Crippen LogP) is 3.25. The number of hydrogen-bond acceptors (Lipinski definition) is 4. The second-order valence-electron chi connectivity index (χ2n) is 6.99. The van der Waals surface area contributed by atoms with E-state index in [4.69, 9.17) is 4.74 Å². The molecule has 0 aliphatic carbocycles. The Hall–Kier alpha value is -3.35. The van der Waals surface area contributed by atoms with Gasteiger partial charge in [-0.25, -0.2) is 9.59 Å². The van der Waals surface area contributed by atoms with Crippen molar-refractivity contribution in [2.45, 2.75) is 32.9 Å². The molecule has 7 nitrogen and oxygen atoms in total. The maximum Gasteiger partial charge on any atom is 0.329 e. The number of anilines is 1. The van der Waals surface area contributed by atoms with Crippen LogP contribution in [-0.2, 0) is 14.3 Å². The monoisotopic (exact) mass is 397 g/mol. The Kier molecular flexibility index (Phi) is 8.21. The van der Waals surface area contributed by atoms with E-state index < -0.39 is 30.6 Å². The Morgan fingerprint density at radius 3 is 2.03 bits per heavy atom. The molecular weight excluding hydrogens is 370 g/mol. The molecule has 2 aromatic rings. The molecule has 3 N–H and O–H groups in total. The Morgan fingerprint density at radius 2 is 1.45 bits per heavy atom. The molecule has 2 rings (SSSR count). The van der Waals surface area contributed by atoms with E-state index in [-0.39, 0.29) is 12.0 Å². The normalized spacial score (nSPS) is 12.6. The van der Waals surface area contributed by atoms with Crippen molar-refractivity contribution in [2.75, 3.05) is 11.9 Å². The number of ether oxygens (including phenoxy) is 1. The predicted molar refractivity (Wildman–Crippen MR) is 111 cm³/mol. The van der Waals surface area contributed by atoms with Gasteiger partial charge >= 0.3 is 12.0 Å². The Labute approximate surface area is 170 Å². The van der Waals surface area contributed by atoms with Crippen LogP contribution in [0.15, 0.2) is 60.7 Å². The lowest BCUT2D eigenvalue weighted by Crippen LogP contribution is -2.47. The van der Waals surface area contributed by atoms with Crippen LogP contribution < -0.4 is 16.0 Å². The summed E-state index contributed by atoms with van der Waals surface area (Å²) in [6, 6.07) is 16.8. The van der Waals surface area contributed by atoms with Crippen molar-refractivity contribution in [1.29, 1.82) is 0 Å². The summed E-state index contributed by atoms with van der Waals surface area (Å²) in [7, 11) is 0. The van der Waals surface area contributed by atoms with Crippen molar-refractivity contribution < 1.29 is 19.1 Å². The first-order chi connectivity index (χ1) is 13.9. The minimum Gasteiger partial charge on any atom is -0.454 e. The minimum atomic E-state index is -0.877. The van der Waals surface area contributed by atoms with Crippen molar-refractivity contribution >= 4 is 23.6 Å². The zero-order valence-electron chi connectivity index (χ0n) is 16.8. The lowest BCUT2D eigenvalue weighted by Gasteiger charge is -2.21. The van der Waals surface area contributed by atoms with Gasteiger partial charge in [-0.15, -0.1) is 0 Å². The number of carbonyl (C=O) groups is 3. The molecule has 154 valence electrons. The van der Waals surface area contributed by atoms with E-state index in [1.165, 1.54) is 0 Å². The lowest BCUT2D eigenvalue weighted by molar-refractivity contribution is -0.151. The highest BCUT2D eigenvalue weighted by atomic mass is 16.5. The van der Waals surface area contributed by atoms with Crippen LogP contribution in [0.5, 0.6) is 0 Å². The Balaban J connectivity index is 1.84. The average molecular weight is 397 g/mol. The van der Waals surface area contributed by atoms with Crippen LogP contribution in [-0.4, -0.2) is 30.6 Å². The van der Waals surface area contributed by atoms with Crippen molar-refractivity contribution in [3.05, 3.63) is 66.2 Å². The molecule has 0 aliphatic rings. The quantitative estimate of drug-likeness (QED) is 0.596. The third kappa shape index (κ3) is 7.29. The number of amides is 3. The van der Waals surface area contributed by atoms with Crippen LogP contribution in [0.1, 0.15) is 32.4 Å². The summed E-state index contributed by atoms with van der Waals surface area (Å²) in [6.07, 6.45) is 0. The molecule has 0 aromatic heterocycles. The topological polar surface area (TPSA) is 96.5 Å². The summed E-state index contributed by atoms with van der Waals surface area (Å²) in [5.41, 5.74) is 1.56. The van der Waals surface area contributed by atoms with Gasteiger partial charge in [0.2, 0.25) is 0 Å². The molecule has 0 spiro atoms. The van der Waals surface area contributed by atoms with E-state index in [1.54, 1.807) is 38.1 Å². The zero-order valence-corrected chi connectivity index (χ0v) is 16.8. The van der Waals surface area contributed by atoms with Gasteiger partial charge in [-0.1, -0.05) is 62.4 Å². The van der Waals surface area contributed by atoms with Crippen LogP contribution in [0.2, 0.25) is 0 Å². The van der Waals surface area contributed by atoms with Gasteiger partial charge < -0.3 is 20.7 Å². The summed E-state index contributed by atoms with van der Waals surface area (Å²) in [5, 5.41) is 8.03. The zero-order chi connectivity index (χ0) is 21.2. The number of hydrogen-bond donors (Lipinski definition) is 3. The van der Waals surface area contributed by atoms with E-state index in [1.807, 2.05) is 43.3 Å². The number of rotatable bonds is 8. The maximum absolute atomic E-state index is 12.4. The molecular formula is C22H27N3O4. The van der Waals surface area contributed by atoms with E-state index in [0.29, 0.717) is 5.69 Å². The van der Waals surface area contributed by atoms with E-state index in [2.05, 4.69) is 16.0 Å². The first-order valence-electron chi connectivity index (χ1n) is 9.50. The van der Waals surface area contributed by atoms with E-state index in [9.17, 15) is 14.4 Å². The highest BCUT2D eigenvalue weighted by Gasteiger charge is 2.26. The van der Waals surface area contributed by atoms with Gasteiger partial charge in [0.05, 0.1) is 6.04 Å². The molecule has 2 atom stereocenters. The third-order valence-electron chi connectivity index (χ3n) is 4.26. The smallest absolute Gasteiger partial charge is 0.329 e. The summed E-state index contributed by atoms with van der Waals surface area (Å²) in [5.74, 6) is -1.29. The largest absolute Gasteiger partial charge is 0.454 e. The van der Waals surface area contributed by atoms with Gasteiger partial charge in [0, 0.05) is 5.69 Å². The SMILES string of the molecule is CC(C)[C@H](NC(=O)Nc1ccccc1)C(=O)OCC(=O)N[C@@H](C)c1ccccc1. The highest BCUT2D eigenvalue weighted by Crippen LogP contribution is 2.11. The standard InChI is InChI=1S/C22H27N3O4/c1-15(2)20(25-22(28)24-18-12-8-5-9-13-18)21(27)29-14-19(26)23-16(3)17-10-6-4-7-11-17/h4-13,15-16,20H,14H2,1-3H3,(H,23,26)(H2,24,25,28)/t16-,20-/m0/s1. The van der Waals surface area contributed by atoms with Gasteiger partial charge in [-0.2, -0.15) is 0 Å². The van der Waals surface area contributed by atoms with Crippen LogP contribution in [0.3, 0.4) is 0 Å². The molecule has 7 heteroatoms. The molecule has 0 heterocycles. The number of nitrogens with one attached hydrogen (secondary N) is 3. The second kappa shape index (κ2) is 10.8. The molecule has 0 saturated carbocycles. The van der Waals surface area contributed by atoms with Crippen molar-refractivity contribution in [3.8, 4) is 0 Å². The molecule has 0 bridgehead atoms. The van der Waals surface area contributed by atoms with E-state index in [0.717, 1.165) is 5.56 Å². The second-order valence-corrected chi connectivity index (χ2v) is 6.99. The van der Waals surface area contributed by atoms with Crippen LogP contribution in [0.4, 0.5) is 10.5 Å². The molecule has 0 unspecified atom stereocenters. The van der Waals surface area contributed by atoms with Gasteiger partial charge in [0.25, 0.3) is 5.91 Å². The van der Waals surface area contributed by atoms with Crippen molar-refractivity contribution in [3.63, 3.8) is 0 Å². The molecule has 0 radical (unpaired) electrons. The number of urea groups is 1. The van der Waals surface area contributed by atoms with Gasteiger partial charge in [0.1, 0.15) is 6.04 Å². The number of carbonyl (C=O) groups excluding carboxylic acids is 3. The number of esters is 1. The van der Waals surface area contributed by atoms with Crippen LogP contribution >= 0.6 is 0 Å². The molecule has 3 amide bonds. The average Bonchev–Trinajstić information content (AvgIpc) is 2.71. The Morgan fingerprint density at radius 1 is 0.862 bits per heavy atom. The lowest BCUT2D eigenvalue weighted by atomic mass is 10.1. The number of para-hydroxylation sites is 1. The summed E-state index contributed by atoms with van der Waals surface area (Å²) in [4.78, 5) is 36.7. The summed E-state index contributed by atoms with van der Waals surface area (Å²) < 4.78 is 5.12. The Bertz CT molecular complexity index is 809. The van der Waals surface area contributed by atoms with Crippen LogP contribution in [0, 0.1) is 5.92 Å². The first-order valence-corrected chi connectivity index (χ1v) is 9.50.